The van der Waals surface area contributed by atoms with Crippen LogP contribution in [0.1, 0.15) is 50.7 Å². The fourth-order valence-electron chi connectivity index (χ4n) is 4.06. The molecule has 1 atom stereocenters. The zero-order chi connectivity index (χ0) is 16.3. The molecule has 1 aliphatic rings. The molecule has 1 heteroatoms. The molecule has 2 aromatic carbocycles. The zero-order valence-corrected chi connectivity index (χ0v) is 14.6. The summed E-state index contributed by atoms with van der Waals surface area (Å²) < 4.78 is 6.33. The number of hydrogen-bond donors (Lipinski definition) is 0. The minimum absolute atomic E-state index is 0.0348. The van der Waals surface area contributed by atoms with E-state index in [0.29, 0.717) is 5.41 Å². The summed E-state index contributed by atoms with van der Waals surface area (Å²) in [5.41, 5.74) is 2.95. The third-order valence-corrected chi connectivity index (χ3v) is 6.06. The van der Waals surface area contributed by atoms with E-state index in [0.717, 1.165) is 12.4 Å². The molecular weight excluding hydrogens is 280 g/mol. The van der Waals surface area contributed by atoms with Crippen LogP contribution >= 0.6 is 0 Å². The molecule has 1 aliphatic carbocycles. The van der Waals surface area contributed by atoms with E-state index in [1.54, 1.807) is 0 Å². The molecule has 23 heavy (non-hydrogen) atoms. The Morgan fingerprint density at radius 2 is 1.57 bits per heavy atom. The molecule has 0 amide bonds. The van der Waals surface area contributed by atoms with Crippen molar-refractivity contribution in [3.05, 3.63) is 65.7 Å². The standard InChI is InChI=1S/C22H28O/c1-18-11-7-8-14-20(18)23-17-22(3,19-12-5-4-6-13-19)21(2)15-9-10-16-21/h4-8,11-14H,9-10,15-17H2,1-3H3/t22-/m1/s1. The lowest BCUT2D eigenvalue weighted by molar-refractivity contribution is 0.0923. The normalized spacial score (nSPS) is 19.3. The van der Waals surface area contributed by atoms with Crippen LogP contribution < -0.4 is 4.74 Å². The van der Waals surface area contributed by atoms with Crippen LogP contribution in [0, 0.1) is 12.3 Å². The summed E-state index contributed by atoms with van der Waals surface area (Å²) in [6, 6.07) is 19.3. The number of rotatable bonds is 5. The van der Waals surface area contributed by atoms with Gasteiger partial charge in [0.05, 0.1) is 6.61 Å². The lowest BCUT2D eigenvalue weighted by Crippen LogP contribution is -2.44. The third-order valence-electron chi connectivity index (χ3n) is 6.06. The van der Waals surface area contributed by atoms with E-state index in [2.05, 4.69) is 75.4 Å². The van der Waals surface area contributed by atoms with E-state index in [1.165, 1.54) is 36.8 Å². The van der Waals surface area contributed by atoms with Crippen molar-refractivity contribution in [2.45, 2.75) is 51.9 Å². The van der Waals surface area contributed by atoms with E-state index in [9.17, 15) is 0 Å². The van der Waals surface area contributed by atoms with Gasteiger partial charge >= 0.3 is 0 Å². The smallest absolute Gasteiger partial charge is 0.122 e. The van der Waals surface area contributed by atoms with Crippen molar-refractivity contribution < 1.29 is 4.74 Å². The fourth-order valence-corrected chi connectivity index (χ4v) is 4.06. The fraction of sp³-hybridized carbons (Fsp3) is 0.455. The third kappa shape index (κ3) is 3.02. The lowest BCUT2D eigenvalue weighted by atomic mass is 9.61. The van der Waals surface area contributed by atoms with Crippen LogP contribution in [0.4, 0.5) is 0 Å². The molecule has 2 aromatic rings. The second kappa shape index (κ2) is 6.39. The first-order valence-electron chi connectivity index (χ1n) is 8.79. The van der Waals surface area contributed by atoms with E-state index < -0.39 is 0 Å². The summed E-state index contributed by atoms with van der Waals surface area (Å²) in [6.45, 7) is 7.70. The molecule has 1 saturated carbocycles. The largest absolute Gasteiger partial charge is 0.492 e. The van der Waals surface area contributed by atoms with Gasteiger partial charge in [-0.25, -0.2) is 0 Å². The Kier molecular flexibility index (Phi) is 4.48. The number of ether oxygens (including phenoxy) is 1. The zero-order valence-electron chi connectivity index (χ0n) is 14.6. The SMILES string of the molecule is Cc1ccccc1OC[C@](C)(c1ccccc1)C1(C)CCCC1. The Balaban J connectivity index is 1.91. The minimum atomic E-state index is 0.0348. The number of para-hydroxylation sites is 1. The molecule has 0 bridgehead atoms. The van der Waals surface area contributed by atoms with E-state index in [4.69, 9.17) is 4.74 Å². The van der Waals surface area contributed by atoms with Gasteiger partial charge in [-0.3, -0.25) is 0 Å². The molecule has 1 fully saturated rings. The van der Waals surface area contributed by atoms with Gasteiger partial charge in [0.1, 0.15) is 5.75 Å². The van der Waals surface area contributed by atoms with Crippen LogP contribution in [-0.4, -0.2) is 6.61 Å². The monoisotopic (exact) mass is 308 g/mol. The molecule has 3 rings (SSSR count). The molecule has 0 heterocycles. The van der Waals surface area contributed by atoms with Crippen LogP contribution in [-0.2, 0) is 5.41 Å². The number of hydrogen-bond acceptors (Lipinski definition) is 1. The summed E-state index contributed by atoms with van der Waals surface area (Å²) in [6.07, 6.45) is 5.25. The quantitative estimate of drug-likeness (QED) is 0.667. The van der Waals surface area contributed by atoms with Gasteiger partial charge in [0, 0.05) is 5.41 Å². The summed E-state index contributed by atoms with van der Waals surface area (Å²) >= 11 is 0. The van der Waals surface area contributed by atoms with Crippen LogP contribution in [0.5, 0.6) is 5.75 Å². The van der Waals surface area contributed by atoms with Crippen molar-refractivity contribution in [2.24, 2.45) is 5.41 Å². The molecule has 0 saturated heterocycles. The van der Waals surface area contributed by atoms with Gasteiger partial charge in [-0.15, -0.1) is 0 Å². The van der Waals surface area contributed by atoms with E-state index in [-0.39, 0.29) is 5.41 Å². The average molecular weight is 308 g/mol. The van der Waals surface area contributed by atoms with Crippen molar-refractivity contribution in [1.29, 1.82) is 0 Å². The van der Waals surface area contributed by atoms with Gasteiger partial charge in [-0.1, -0.05) is 75.2 Å². The first-order valence-corrected chi connectivity index (χ1v) is 8.79. The van der Waals surface area contributed by atoms with Crippen LogP contribution in [0.25, 0.3) is 0 Å². The minimum Gasteiger partial charge on any atom is -0.492 e. The average Bonchev–Trinajstić information content (AvgIpc) is 3.03. The predicted molar refractivity (Wildman–Crippen MR) is 97.0 cm³/mol. The Hall–Kier alpha value is -1.76. The second-order valence-electron chi connectivity index (χ2n) is 7.52. The molecule has 0 aliphatic heterocycles. The first kappa shape index (κ1) is 16.1. The molecule has 0 radical (unpaired) electrons. The Morgan fingerprint density at radius 1 is 0.957 bits per heavy atom. The van der Waals surface area contributed by atoms with Gasteiger partial charge in [0.15, 0.2) is 0 Å². The summed E-state index contributed by atoms with van der Waals surface area (Å²) in [5, 5.41) is 0. The Morgan fingerprint density at radius 3 is 2.22 bits per heavy atom. The molecule has 122 valence electrons. The maximum Gasteiger partial charge on any atom is 0.122 e. The highest BCUT2D eigenvalue weighted by Gasteiger charge is 2.47. The van der Waals surface area contributed by atoms with Crippen LogP contribution in [0.3, 0.4) is 0 Å². The predicted octanol–water partition coefficient (Wildman–Crippen LogP) is 5.91. The van der Waals surface area contributed by atoms with Gasteiger partial charge in [-0.2, -0.15) is 0 Å². The van der Waals surface area contributed by atoms with Crippen molar-refractivity contribution in [3.63, 3.8) is 0 Å². The van der Waals surface area contributed by atoms with Gasteiger partial charge in [0.25, 0.3) is 0 Å². The van der Waals surface area contributed by atoms with Crippen molar-refractivity contribution >= 4 is 0 Å². The van der Waals surface area contributed by atoms with Crippen molar-refractivity contribution in [2.75, 3.05) is 6.61 Å². The molecule has 1 nitrogen and oxygen atoms in total. The maximum absolute atomic E-state index is 6.33. The highest BCUT2D eigenvalue weighted by atomic mass is 16.5. The Bertz CT molecular complexity index is 640. The lowest BCUT2D eigenvalue weighted by Gasteiger charge is -2.45. The van der Waals surface area contributed by atoms with Gasteiger partial charge < -0.3 is 4.74 Å². The van der Waals surface area contributed by atoms with Crippen molar-refractivity contribution in [1.82, 2.24) is 0 Å². The maximum atomic E-state index is 6.33. The van der Waals surface area contributed by atoms with E-state index in [1.807, 2.05) is 0 Å². The molecule has 0 unspecified atom stereocenters. The molecule has 0 N–H and O–H groups in total. The van der Waals surface area contributed by atoms with Crippen LogP contribution in [0.2, 0.25) is 0 Å². The summed E-state index contributed by atoms with van der Waals surface area (Å²) in [7, 11) is 0. The highest BCUT2D eigenvalue weighted by molar-refractivity contribution is 5.33. The number of benzene rings is 2. The highest BCUT2D eigenvalue weighted by Crippen LogP contribution is 2.52. The summed E-state index contributed by atoms with van der Waals surface area (Å²) in [5.74, 6) is 1.01. The molecule has 0 spiro atoms. The molecule has 0 aromatic heterocycles. The number of aryl methyl sites for hydroxylation is 1. The van der Waals surface area contributed by atoms with Crippen LogP contribution in [0.15, 0.2) is 54.6 Å². The second-order valence-corrected chi connectivity index (χ2v) is 7.52. The topological polar surface area (TPSA) is 9.23 Å². The van der Waals surface area contributed by atoms with Gasteiger partial charge in [0.2, 0.25) is 0 Å². The van der Waals surface area contributed by atoms with E-state index >= 15 is 0 Å². The van der Waals surface area contributed by atoms with Gasteiger partial charge in [-0.05, 0) is 42.4 Å². The molecular formula is C22H28O. The Labute approximate surface area is 140 Å². The summed E-state index contributed by atoms with van der Waals surface area (Å²) in [4.78, 5) is 0. The van der Waals surface area contributed by atoms with Crippen molar-refractivity contribution in [3.8, 4) is 5.75 Å². The first-order chi connectivity index (χ1) is 11.1.